The lowest BCUT2D eigenvalue weighted by Gasteiger charge is -2.08. The van der Waals surface area contributed by atoms with E-state index < -0.39 is 0 Å². The van der Waals surface area contributed by atoms with E-state index in [1.54, 1.807) is 0 Å². The standard InChI is InChI=1S/C22H36O5/c1-3-4-5-6-7-8-9-10-20-11-13-21(14-12-20)27-18-17-25-15-16-26-19-22(23)24-2/h11-14H,3-10,15-19H2,1-2H3. The number of unbranched alkanes of at least 4 members (excludes halogenated alkanes) is 6. The van der Waals surface area contributed by atoms with Gasteiger partial charge in [-0.15, -0.1) is 0 Å². The summed E-state index contributed by atoms with van der Waals surface area (Å²) >= 11 is 0. The van der Waals surface area contributed by atoms with Crippen molar-refractivity contribution in [2.45, 2.75) is 58.3 Å². The van der Waals surface area contributed by atoms with Gasteiger partial charge < -0.3 is 18.9 Å². The number of methoxy groups -OCH3 is 1. The van der Waals surface area contributed by atoms with Gasteiger partial charge in [0.25, 0.3) is 0 Å². The number of hydrogen-bond acceptors (Lipinski definition) is 5. The zero-order chi connectivity index (χ0) is 19.6. The van der Waals surface area contributed by atoms with Gasteiger partial charge in [-0.05, 0) is 30.5 Å². The number of carbonyl (C=O) groups is 1. The molecule has 1 aromatic carbocycles. The lowest BCUT2D eigenvalue weighted by molar-refractivity contribution is -0.146. The molecule has 0 fully saturated rings. The third kappa shape index (κ3) is 13.3. The van der Waals surface area contributed by atoms with Crippen LogP contribution in [0.25, 0.3) is 0 Å². The molecule has 27 heavy (non-hydrogen) atoms. The lowest BCUT2D eigenvalue weighted by Crippen LogP contribution is -2.15. The van der Waals surface area contributed by atoms with Gasteiger partial charge in [-0.2, -0.15) is 0 Å². The second-order valence-corrected chi connectivity index (χ2v) is 6.60. The predicted octanol–water partition coefficient (Wildman–Crippen LogP) is 4.56. The van der Waals surface area contributed by atoms with Crippen LogP contribution in [0, 0.1) is 0 Å². The summed E-state index contributed by atoms with van der Waals surface area (Å²) in [5.41, 5.74) is 1.37. The molecule has 5 nitrogen and oxygen atoms in total. The molecule has 1 rings (SSSR count). The van der Waals surface area contributed by atoms with Gasteiger partial charge in [0.15, 0.2) is 0 Å². The maximum Gasteiger partial charge on any atom is 0.331 e. The fourth-order valence-corrected chi connectivity index (χ4v) is 2.69. The van der Waals surface area contributed by atoms with Crippen LogP contribution in [-0.2, 0) is 25.4 Å². The molecule has 0 amide bonds. The fourth-order valence-electron chi connectivity index (χ4n) is 2.69. The highest BCUT2D eigenvalue weighted by Gasteiger charge is 2.00. The summed E-state index contributed by atoms with van der Waals surface area (Å²) in [6, 6.07) is 8.34. The van der Waals surface area contributed by atoms with Crippen molar-refractivity contribution in [3.05, 3.63) is 29.8 Å². The first-order chi connectivity index (χ1) is 13.3. The van der Waals surface area contributed by atoms with Gasteiger partial charge in [0.05, 0.1) is 26.9 Å². The Bertz CT molecular complexity index is 472. The highest BCUT2D eigenvalue weighted by atomic mass is 16.6. The largest absolute Gasteiger partial charge is 0.491 e. The maximum atomic E-state index is 10.8. The normalized spacial score (nSPS) is 10.7. The van der Waals surface area contributed by atoms with Crippen molar-refractivity contribution < 1.29 is 23.7 Å². The Morgan fingerprint density at radius 3 is 2.15 bits per heavy atom. The molecule has 154 valence electrons. The second kappa shape index (κ2) is 16.6. The van der Waals surface area contributed by atoms with E-state index in [2.05, 4.69) is 23.8 Å². The summed E-state index contributed by atoms with van der Waals surface area (Å²) < 4.78 is 20.6. The molecule has 0 aromatic heterocycles. The number of esters is 1. The van der Waals surface area contributed by atoms with Gasteiger partial charge in [-0.25, -0.2) is 4.79 Å². The average molecular weight is 381 g/mol. The van der Waals surface area contributed by atoms with Crippen LogP contribution in [0.2, 0.25) is 0 Å². The van der Waals surface area contributed by atoms with Crippen LogP contribution in [0.1, 0.15) is 57.4 Å². The fraction of sp³-hybridized carbons (Fsp3) is 0.682. The molecule has 0 spiro atoms. The molecule has 0 N–H and O–H groups in total. The highest BCUT2D eigenvalue weighted by Crippen LogP contribution is 2.15. The molecule has 1 aromatic rings. The Morgan fingerprint density at radius 1 is 0.815 bits per heavy atom. The zero-order valence-electron chi connectivity index (χ0n) is 17.0. The molecule has 0 aliphatic heterocycles. The van der Waals surface area contributed by atoms with E-state index in [1.165, 1.54) is 57.6 Å². The van der Waals surface area contributed by atoms with E-state index in [4.69, 9.17) is 14.2 Å². The number of benzene rings is 1. The molecule has 5 heteroatoms. The number of carbonyl (C=O) groups excluding carboxylic acids is 1. The van der Waals surface area contributed by atoms with Crippen molar-refractivity contribution in [1.82, 2.24) is 0 Å². The molecule has 0 saturated carbocycles. The molecule has 0 heterocycles. The minimum Gasteiger partial charge on any atom is -0.491 e. The Labute approximate surface area is 164 Å². The summed E-state index contributed by atoms with van der Waals surface area (Å²) in [7, 11) is 1.33. The maximum absolute atomic E-state index is 10.8. The quantitative estimate of drug-likeness (QED) is 0.293. The van der Waals surface area contributed by atoms with Gasteiger partial charge in [-0.3, -0.25) is 0 Å². The van der Waals surface area contributed by atoms with E-state index in [9.17, 15) is 4.79 Å². The predicted molar refractivity (Wildman–Crippen MR) is 107 cm³/mol. The molecule has 0 aliphatic carbocycles. The van der Waals surface area contributed by atoms with E-state index >= 15 is 0 Å². The summed E-state index contributed by atoms with van der Waals surface area (Å²) in [6.45, 7) is 3.99. The van der Waals surface area contributed by atoms with Crippen LogP contribution < -0.4 is 4.74 Å². The number of rotatable bonds is 17. The summed E-state index contributed by atoms with van der Waals surface area (Å²) in [5, 5.41) is 0. The average Bonchev–Trinajstić information content (AvgIpc) is 2.70. The first-order valence-electron chi connectivity index (χ1n) is 10.2. The molecule has 0 atom stereocenters. The minimum atomic E-state index is -0.381. The molecular weight excluding hydrogens is 344 g/mol. The topological polar surface area (TPSA) is 54.0 Å². The van der Waals surface area contributed by atoms with Gasteiger partial charge in [0.1, 0.15) is 19.0 Å². The van der Waals surface area contributed by atoms with Crippen molar-refractivity contribution >= 4 is 5.97 Å². The Hall–Kier alpha value is -1.59. The van der Waals surface area contributed by atoms with Crippen molar-refractivity contribution in [3.8, 4) is 5.75 Å². The van der Waals surface area contributed by atoms with Crippen LogP contribution in [0.4, 0.5) is 0 Å². The number of aryl methyl sites for hydroxylation is 1. The summed E-state index contributed by atoms with van der Waals surface area (Å²) in [4.78, 5) is 10.8. The third-order valence-electron chi connectivity index (χ3n) is 4.31. The summed E-state index contributed by atoms with van der Waals surface area (Å²) in [6.07, 6.45) is 10.5. The van der Waals surface area contributed by atoms with Crippen molar-refractivity contribution in [3.63, 3.8) is 0 Å². The van der Waals surface area contributed by atoms with Gasteiger partial charge >= 0.3 is 5.97 Å². The first kappa shape index (κ1) is 23.4. The van der Waals surface area contributed by atoms with Gasteiger partial charge in [0.2, 0.25) is 0 Å². The van der Waals surface area contributed by atoms with Crippen LogP contribution in [0.3, 0.4) is 0 Å². The highest BCUT2D eigenvalue weighted by molar-refractivity contribution is 5.70. The van der Waals surface area contributed by atoms with Crippen molar-refractivity contribution in [2.24, 2.45) is 0 Å². The number of ether oxygens (including phenoxy) is 4. The Morgan fingerprint density at radius 2 is 1.44 bits per heavy atom. The van der Waals surface area contributed by atoms with E-state index in [0.717, 1.165) is 12.2 Å². The monoisotopic (exact) mass is 380 g/mol. The van der Waals surface area contributed by atoms with Crippen LogP contribution in [-0.4, -0.2) is 46.1 Å². The molecule has 0 bridgehead atoms. The van der Waals surface area contributed by atoms with E-state index in [1.807, 2.05) is 12.1 Å². The van der Waals surface area contributed by atoms with E-state index in [-0.39, 0.29) is 12.6 Å². The van der Waals surface area contributed by atoms with Crippen molar-refractivity contribution in [1.29, 1.82) is 0 Å². The molecule has 0 saturated heterocycles. The van der Waals surface area contributed by atoms with Gasteiger partial charge in [0, 0.05) is 0 Å². The zero-order valence-corrected chi connectivity index (χ0v) is 17.0. The van der Waals surface area contributed by atoms with Crippen LogP contribution in [0.15, 0.2) is 24.3 Å². The van der Waals surface area contributed by atoms with Crippen molar-refractivity contribution in [2.75, 3.05) is 40.1 Å². The van der Waals surface area contributed by atoms with Crippen LogP contribution in [0.5, 0.6) is 5.75 Å². The lowest BCUT2D eigenvalue weighted by atomic mass is 10.0. The second-order valence-electron chi connectivity index (χ2n) is 6.60. The third-order valence-corrected chi connectivity index (χ3v) is 4.31. The SMILES string of the molecule is CCCCCCCCCc1ccc(OCCOCCOCC(=O)OC)cc1. The molecule has 0 aliphatic rings. The Balaban J connectivity index is 1.99. The molecule has 0 radical (unpaired) electrons. The summed E-state index contributed by atoms with van der Waals surface area (Å²) in [5.74, 6) is 0.484. The molecule has 0 unspecified atom stereocenters. The first-order valence-corrected chi connectivity index (χ1v) is 10.2. The van der Waals surface area contributed by atoms with Crippen LogP contribution >= 0.6 is 0 Å². The smallest absolute Gasteiger partial charge is 0.331 e. The molecular formula is C22H36O5. The Kier molecular flexibility index (Phi) is 14.4. The van der Waals surface area contributed by atoms with E-state index in [0.29, 0.717) is 26.4 Å². The number of hydrogen-bond donors (Lipinski definition) is 0. The minimum absolute atomic E-state index is 0.0401. The van der Waals surface area contributed by atoms with Gasteiger partial charge in [-0.1, -0.05) is 57.6 Å².